The Kier molecular flexibility index (Phi) is 6.25. The van der Waals surface area contributed by atoms with Crippen LogP contribution in [0.5, 0.6) is 5.75 Å². The van der Waals surface area contributed by atoms with Crippen molar-refractivity contribution in [3.8, 4) is 5.75 Å². The normalized spacial score (nSPS) is 15.0. The van der Waals surface area contributed by atoms with E-state index in [0.29, 0.717) is 48.4 Å². The van der Waals surface area contributed by atoms with E-state index in [1.54, 1.807) is 19.9 Å². The summed E-state index contributed by atoms with van der Waals surface area (Å²) in [5, 5.41) is 3.71. The number of likely N-dealkylation sites (tertiary alicyclic amines) is 1. The van der Waals surface area contributed by atoms with Crippen molar-refractivity contribution in [2.75, 3.05) is 19.6 Å². The first-order valence-electron chi connectivity index (χ1n) is 10.1. The highest BCUT2D eigenvalue weighted by molar-refractivity contribution is 5.86. The van der Waals surface area contributed by atoms with Gasteiger partial charge in [-0.1, -0.05) is 0 Å². The molecule has 2 heterocycles. The van der Waals surface area contributed by atoms with Crippen molar-refractivity contribution in [1.82, 2.24) is 10.2 Å². The van der Waals surface area contributed by atoms with E-state index in [9.17, 15) is 14.4 Å². The van der Waals surface area contributed by atoms with Gasteiger partial charge in [-0.05, 0) is 58.2 Å². The van der Waals surface area contributed by atoms with E-state index in [2.05, 4.69) is 5.32 Å². The van der Waals surface area contributed by atoms with Gasteiger partial charge in [0.05, 0.1) is 0 Å². The van der Waals surface area contributed by atoms with Crippen molar-refractivity contribution in [1.29, 1.82) is 0 Å². The summed E-state index contributed by atoms with van der Waals surface area (Å²) in [5.74, 6) is 0.477. The lowest BCUT2D eigenvalue weighted by Crippen LogP contribution is -2.38. The number of nitrogens with zero attached hydrogens (tertiary/aromatic N) is 1. The Balaban J connectivity index is 1.60. The van der Waals surface area contributed by atoms with Gasteiger partial charge in [-0.3, -0.25) is 9.59 Å². The van der Waals surface area contributed by atoms with Crippen LogP contribution in [0.4, 0.5) is 0 Å². The molecule has 0 saturated carbocycles. The van der Waals surface area contributed by atoms with Gasteiger partial charge in [-0.25, -0.2) is 4.79 Å². The largest absolute Gasteiger partial charge is 0.480 e. The van der Waals surface area contributed by atoms with Crippen molar-refractivity contribution in [3.05, 3.63) is 39.2 Å². The summed E-state index contributed by atoms with van der Waals surface area (Å²) in [7, 11) is 0. The van der Waals surface area contributed by atoms with Crippen LogP contribution in [-0.4, -0.2) is 42.5 Å². The summed E-state index contributed by atoms with van der Waals surface area (Å²) in [6, 6.07) is 3.65. The maximum Gasteiger partial charge on any atom is 0.339 e. The number of carbonyl (C=O) groups excluding carboxylic acids is 2. The first-order valence-corrected chi connectivity index (χ1v) is 10.1. The average molecular weight is 400 g/mol. The second-order valence-corrected chi connectivity index (χ2v) is 7.59. The first-order chi connectivity index (χ1) is 13.8. The lowest BCUT2D eigenvalue weighted by molar-refractivity contribution is -0.127. The van der Waals surface area contributed by atoms with E-state index in [-0.39, 0.29) is 17.4 Å². The minimum absolute atomic E-state index is 0.192. The van der Waals surface area contributed by atoms with Crippen molar-refractivity contribution >= 4 is 22.8 Å². The quantitative estimate of drug-likeness (QED) is 0.570. The maximum atomic E-state index is 12.3. The molecule has 1 unspecified atom stereocenters. The number of nitrogens with one attached hydrogen (secondary N) is 1. The van der Waals surface area contributed by atoms with Crippen LogP contribution in [0.3, 0.4) is 0 Å². The molecular formula is C22H28N2O5. The van der Waals surface area contributed by atoms with E-state index in [0.717, 1.165) is 23.9 Å². The molecule has 1 atom stereocenters. The Morgan fingerprint density at radius 1 is 1.21 bits per heavy atom. The minimum atomic E-state index is -0.696. The molecule has 156 valence electrons. The van der Waals surface area contributed by atoms with E-state index in [1.807, 2.05) is 24.8 Å². The smallest absolute Gasteiger partial charge is 0.339 e. The molecule has 0 aliphatic carbocycles. The number of aryl methyl sites for hydroxylation is 2. The Labute approximate surface area is 170 Å². The van der Waals surface area contributed by atoms with Gasteiger partial charge in [-0.2, -0.15) is 0 Å². The van der Waals surface area contributed by atoms with Crippen LogP contribution in [0.25, 0.3) is 11.0 Å². The molecule has 0 bridgehead atoms. The van der Waals surface area contributed by atoms with Crippen LogP contribution >= 0.6 is 0 Å². The third-order valence-corrected chi connectivity index (χ3v) is 5.57. The van der Waals surface area contributed by atoms with Gasteiger partial charge in [0.1, 0.15) is 11.3 Å². The monoisotopic (exact) mass is 400 g/mol. The summed E-state index contributed by atoms with van der Waals surface area (Å²) in [6.07, 6.45) is 1.56. The number of fused-ring (bicyclic) bond motifs is 1. The number of amides is 2. The average Bonchev–Trinajstić information content (AvgIpc) is 3.10. The molecule has 7 nitrogen and oxygen atoms in total. The van der Waals surface area contributed by atoms with Crippen LogP contribution in [0, 0.1) is 20.8 Å². The van der Waals surface area contributed by atoms with Crippen molar-refractivity contribution in [3.63, 3.8) is 0 Å². The zero-order valence-corrected chi connectivity index (χ0v) is 17.5. The summed E-state index contributed by atoms with van der Waals surface area (Å²) in [4.78, 5) is 37.8. The van der Waals surface area contributed by atoms with Crippen molar-refractivity contribution in [2.24, 2.45) is 0 Å². The fourth-order valence-electron chi connectivity index (χ4n) is 3.56. The lowest BCUT2D eigenvalue weighted by Gasteiger charge is -2.18. The van der Waals surface area contributed by atoms with Gasteiger partial charge in [0.15, 0.2) is 6.10 Å². The Hall–Kier alpha value is -2.83. The lowest BCUT2D eigenvalue weighted by atomic mass is 10.0. The van der Waals surface area contributed by atoms with Crippen molar-refractivity contribution in [2.45, 2.75) is 53.1 Å². The molecule has 1 aromatic carbocycles. The fraction of sp³-hybridized carbons (Fsp3) is 0.500. The zero-order chi connectivity index (χ0) is 21.1. The molecule has 2 amide bonds. The predicted molar refractivity (Wildman–Crippen MR) is 110 cm³/mol. The van der Waals surface area contributed by atoms with Gasteiger partial charge in [-0.15, -0.1) is 0 Å². The first kappa shape index (κ1) is 20.9. The van der Waals surface area contributed by atoms with Gasteiger partial charge in [0, 0.05) is 42.6 Å². The highest BCUT2D eigenvalue weighted by atomic mass is 16.5. The molecular weight excluding hydrogens is 372 g/mol. The molecule has 1 aromatic heterocycles. The molecule has 1 aliphatic rings. The summed E-state index contributed by atoms with van der Waals surface area (Å²) < 4.78 is 11.3. The highest BCUT2D eigenvalue weighted by Crippen LogP contribution is 2.29. The van der Waals surface area contributed by atoms with Crippen LogP contribution in [0.1, 0.15) is 42.9 Å². The van der Waals surface area contributed by atoms with Gasteiger partial charge >= 0.3 is 5.63 Å². The predicted octanol–water partition coefficient (Wildman–Crippen LogP) is 2.61. The summed E-state index contributed by atoms with van der Waals surface area (Å²) in [6.45, 7) is 9.08. The molecule has 7 heteroatoms. The van der Waals surface area contributed by atoms with Crippen LogP contribution in [0.15, 0.2) is 21.3 Å². The van der Waals surface area contributed by atoms with Crippen molar-refractivity contribution < 1.29 is 18.7 Å². The molecule has 1 saturated heterocycles. The third-order valence-electron chi connectivity index (χ3n) is 5.57. The SMILES string of the molecule is Cc1c(C)c2ccc(OC(C)C(=O)NCCCN3CCCC3=O)c(C)c2oc1=O. The van der Waals surface area contributed by atoms with Crippen LogP contribution < -0.4 is 15.7 Å². The number of rotatable bonds is 7. The van der Waals surface area contributed by atoms with E-state index < -0.39 is 6.10 Å². The van der Waals surface area contributed by atoms with Crippen LogP contribution in [0.2, 0.25) is 0 Å². The number of hydrogen-bond acceptors (Lipinski definition) is 5. The maximum absolute atomic E-state index is 12.3. The fourth-order valence-corrected chi connectivity index (χ4v) is 3.56. The minimum Gasteiger partial charge on any atom is -0.480 e. The van der Waals surface area contributed by atoms with Crippen LogP contribution in [-0.2, 0) is 9.59 Å². The summed E-state index contributed by atoms with van der Waals surface area (Å²) >= 11 is 0. The van der Waals surface area contributed by atoms with Gasteiger partial charge in [0.2, 0.25) is 5.91 Å². The summed E-state index contributed by atoms with van der Waals surface area (Å²) in [5.41, 5.74) is 2.29. The molecule has 29 heavy (non-hydrogen) atoms. The standard InChI is InChI=1S/C22H28N2O5/c1-13-14(2)22(27)29-20-15(3)18(9-8-17(13)20)28-16(4)21(26)23-10-6-12-24-11-5-7-19(24)25/h8-9,16H,5-7,10-12H2,1-4H3,(H,23,26). The molecule has 3 rings (SSSR count). The Morgan fingerprint density at radius 3 is 2.66 bits per heavy atom. The topological polar surface area (TPSA) is 88.8 Å². The number of benzene rings is 1. The molecule has 2 aromatic rings. The molecule has 1 N–H and O–H groups in total. The molecule has 1 aliphatic heterocycles. The highest BCUT2D eigenvalue weighted by Gasteiger charge is 2.20. The van der Waals surface area contributed by atoms with Gasteiger partial charge < -0.3 is 19.4 Å². The molecule has 1 fully saturated rings. The molecule has 0 radical (unpaired) electrons. The number of ether oxygens (including phenoxy) is 1. The Bertz CT molecular complexity index is 995. The Morgan fingerprint density at radius 2 is 1.97 bits per heavy atom. The number of carbonyl (C=O) groups is 2. The second-order valence-electron chi connectivity index (χ2n) is 7.59. The zero-order valence-electron chi connectivity index (χ0n) is 17.5. The number of hydrogen-bond donors (Lipinski definition) is 1. The van der Waals surface area contributed by atoms with E-state index in [1.165, 1.54) is 0 Å². The third kappa shape index (κ3) is 4.44. The molecule has 0 spiro atoms. The second kappa shape index (κ2) is 8.68. The van der Waals surface area contributed by atoms with E-state index in [4.69, 9.17) is 9.15 Å². The van der Waals surface area contributed by atoms with E-state index >= 15 is 0 Å². The van der Waals surface area contributed by atoms with Gasteiger partial charge in [0.25, 0.3) is 5.91 Å².